The van der Waals surface area contributed by atoms with Crippen molar-refractivity contribution in [2.45, 2.75) is 57.6 Å². The van der Waals surface area contributed by atoms with Crippen molar-refractivity contribution in [1.82, 2.24) is 10.2 Å². The standard InChI is InChI=1S/C31H39N3O6S/c1-7-23(3)32-31(36)24(4)33(20-25-10-8-12-27(18-25)39-5)30(35)21-34(26-11-9-13-28(19-26)40-6)41(37,38)29-16-14-22(2)15-17-29/h8-19,23-24H,7,20-21H2,1-6H3,(H,32,36)/t23-,24-/m0/s1. The van der Waals surface area contributed by atoms with E-state index >= 15 is 0 Å². The van der Waals surface area contributed by atoms with E-state index in [1.807, 2.05) is 26.8 Å². The molecule has 0 spiro atoms. The number of carbonyl (C=O) groups is 2. The first-order valence-electron chi connectivity index (χ1n) is 13.5. The zero-order valence-electron chi connectivity index (χ0n) is 24.5. The number of sulfonamides is 1. The van der Waals surface area contributed by atoms with Crippen LogP contribution in [0.5, 0.6) is 11.5 Å². The number of hydrogen-bond donors (Lipinski definition) is 1. The van der Waals surface area contributed by atoms with Gasteiger partial charge in [-0.05, 0) is 69.2 Å². The maximum absolute atomic E-state index is 14.1. The third-order valence-corrected chi connectivity index (χ3v) is 8.67. The van der Waals surface area contributed by atoms with Crippen LogP contribution in [0.25, 0.3) is 0 Å². The summed E-state index contributed by atoms with van der Waals surface area (Å²) in [6, 6.07) is 19.2. The minimum absolute atomic E-state index is 0.0422. The lowest BCUT2D eigenvalue weighted by atomic mass is 10.1. The van der Waals surface area contributed by atoms with Crippen molar-refractivity contribution in [2.75, 3.05) is 25.1 Å². The Hall–Kier alpha value is -4.05. The van der Waals surface area contributed by atoms with Gasteiger partial charge in [-0.3, -0.25) is 13.9 Å². The second-order valence-corrected chi connectivity index (χ2v) is 11.8. The molecule has 0 aliphatic heterocycles. The highest BCUT2D eigenvalue weighted by Gasteiger charge is 2.33. The smallest absolute Gasteiger partial charge is 0.264 e. The van der Waals surface area contributed by atoms with Crippen LogP contribution >= 0.6 is 0 Å². The molecule has 2 atom stereocenters. The van der Waals surface area contributed by atoms with Gasteiger partial charge in [0.2, 0.25) is 11.8 Å². The highest BCUT2D eigenvalue weighted by atomic mass is 32.2. The molecule has 2 amide bonds. The summed E-state index contributed by atoms with van der Waals surface area (Å²) >= 11 is 0. The Kier molecular flexibility index (Phi) is 10.8. The number of rotatable bonds is 13. The molecular formula is C31H39N3O6S. The summed E-state index contributed by atoms with van der Waals surface area (Å²) in [6.45, 7) is 6.88. The van der Waals surface area contributed by atoms with Crippen LogP contribution in [-0.4, -0.2) is 58.0 Å². The third-order valence-electron chi connectivity index (χ3n) is 6.88. The number of hydrogen-bond acceptors (Lipinski definition) is 6. The Balaban J connectivity index is 2.05. The van der Waals surface area contributed by atoms with Gasteiger partial charge in [-0.2, -0.15) is 0 Å². The molecule has 3 rings (SSSR count). The summed E-state index contributed by atoms with van der Waals surface area (Å²) in [4.78, 5) is 28.7. The number of aryl methyl sites for hydroxylation is 1. The Morgan fingerprint density at radius 1 is 0.902 bits per heavy atom. The molecule has 3 aromatic rings. The van der Waals surface area contributed by atoms with Gasteiger partial charge in [-0.15, -0.1) is 0 Å². The Bertz CT molecular complexity index is 1440. The zero-order valence-corrected chi connectivity index (χ0v) is 25.3. The molecule has 1 N–H and O–H groups in total. The summed E-state index contributed by atoms with van der Waals surface area (Å²) < 4.78 is 39.6. The van der Waals surface area contributed by atoms with E-state index in [1.54, 1.807) is 68.6 Å². The number of benzene rings is 3. The highest BCUT2D eigenvalue weighted by Crippen LogP contribution is 2.28. The SMILES string of the molecule is CC[C@H](C)NC(=O)[C@H](C)N(Cc1cccc(OC)c1)C(=O)CN(c1cccc(OC)c1)S(=O)(=O)c1ccc(C)cc1. The van der Waals surface area contributed by atoms with Gasteiger partial charge in [0.25, 0.3) is 10.0 Å². The minimum Gasteiger partial charge on any atom is -0.497 e. The van der Waals surface area contributed by atoms with E-state index in [1.165, 1.54) is 24.1 Å². The minimum atomic E-state index is -4.17. The van der Waals surface area contributed by atoms with E-state index in [2.05, 4.69) is 5.32 Å². The van der Waals surface area contributed by atoms with Crippen molar-refractivity contribution < 1.29 is 27.5 Å². The quantitative estimate of drug-likeness (QED) is 0.318. The normalized spacial score (nSPS) is 12.6. The highest BCUT2D eigenvalue weighted by molar-refractivity contribution is 7.92. The second kappa shape index (κ2) is 14.0. The molecule has 9 nitrogen and oxygen atoms in total. The van der Waals surface area contributed by atoms with Gasteiger partial charge in [-0.1, -0.05) is 42.8 Å². The van der Waals surface area contributed by atoms with Crippen LogP contribution in [0.2, 0.25) is 0 Å². The van der Waals surface area contributed by atoms with Gasteiger partial charge in [0.05, 0.1) is 24.8 Å². The Morgan fingerprint density at radius 3 is 2.12 bits per heavy atom. The molecule has 0 fully saturated rings. The van der Waals surface area contributed by atoms with Gasteiger partial charge >= 0.3 is 0 Å². The van der Waals surface area contributed by atoms with Gasteiger partial charge in [0, 0.05) is 18.7 Å². The summed E-state index contributed by atoms with van der Waals surface area (Å²) in [5.74, 6) is 0.170. The molecule has 0 saturated carbocycles. The fourth-order valence-electron chi connectivity index (χ4n) is 4.15. The number of methoxy groups -OCH3 is 2. The van der Waals surface area contributed by atoms with Crippen LogP contribution in [0.1, 0.15) is 38.3 Å². The molecule has 10 heteroatoms. The summed E-state index contributed by atoms with van der Waals surface area (Å²) in [7, 11) is -1.14. The lowest BCUT2D eigenvalue weighted by Gasteiger charge is -2.32. The second-order valence-electron chi connectivity index (χ2n) is 9.89. The number of nitrogens with zero attached hydrogens (tertiary/aromatic N) is 2. The van der Waals surface area contributed by atoms with E-state index in [9.17, 15) is 18.0 Å². The molecule has 0 unspecified atom stereocenters. The fraction of sp³-hybridized carbons (Fsp3) is 0.355. The molecule has 41 heavy (non-hydrogen) atoms. The zero-order chi connectivity index (χ0) is 30.2. The van der Waals surface area contributed by atoms with E-state index in [0.29, 0.717) is 11.5 Å². The molecule has 220 valence electrons. The molecule has 0 aliphatic carbocycles. The molecule has 0 aliphatic rings. The monoisotopic (exact) mass is 581 g/mol. The maximum Gasteiger partial charge on any atom is 0.264 e. The predicted molar refractivity (Wildman–Crippen MR) is 160 cm³/mol. The fourth-order valence-corrected chi connectivity index (χ4v) is 5.55. The van der Waals surface area contributed by atoms with Crippen molar-refractivity contribution >= 4 is 27.5 Å². The molecule has 3 aromatic carbocycles. The molecule has 0 radical (unpaired) electrons. The average molecular weight is 582 g/mol. The molecule has 0 saturated heterocycles. The summed E-state index contributed by atoms with van der Waals surface area (Å²) in [6.07, 6.45) is 0.723. The molecule has 0 heterocycles. The number of carbonyl (C=O) groups excluding carboxylic acids is 2. The van der Waals surface area contributed by atoms with E-state index in [-0.39, 0.29) is 29.1 Å². The number of ether oxygens (including phenoxy) is 2. The first kappa shape index (κ1) is 31.5. The van der Waals surface area contributed by atoms with E-state index in [4.69, 9.17) is 9.47 Å². The number of amides is 2. The molecule has 0 bridgehead atoms. The van der Waals surface area contributed by atoms with Crippen molar-refractivity contribution in [1.29, 1.82) is 0 Å². The van der Waals surface area contributed by atoms with Crippen LogP contribution in [0.3, 0.4) is 0 Å². The largest absolute Gasteiger partial charge is 0.497 e. The van der Waals surface area contributed by atoms with Crippen molar-refractivity contribution in [3.05, 3.63) is 83.9 Å². The van der Waals surface area contributed by atoms with Crippen molar-refractivity contribution in [2.24, 2.45) is 0 Å². The van der Waals surface area contributed by atoms with Gasteiger partial charge < -0.3 is 19.7 Å². The van der Waals surface area contributed by atoms with E-state index in [0.717, 1.165) is 21.9 Å². The van der Waals surface area contributed by atoms with Crippen molar-refractivity contribution in [3.8, 4) is 11.5 Å². The van der Waals surface area contributed by atoms with Crippen LogP contribution in [0.15, 0.2) is 77.7 Å². The van der Waals surface area contributed by atoms with Crippen LogP contribution in [-0.2, 0) is 26.2 Å². The summed E-state index contributed by atoms with van der Waals surface area (Å²) in [5.41, 5.74) is 1.89. The van der Waals surface area contributed by atoms with Gasteiger partial charge in [0.15, 0.2) is 0 Å². The molecular weight excluding hydrogens is 542 g/mol. The lowest BCUT2D eigenvalue weighted by molar-refractivity contribution is -0.139. The average Bonchev–Trinajstić information content (AvgIpc) is 2.98. The molecule has 0 aromatic heterocycles. The maximum atomic E-state index is 14.1. The number of anilines is 1. The first-order chi connectivity index (χ1) is 19.5. The number of nitrogens with one attached hydrogen (secondary N) is 1. The van der Waals surface area contributed by atoms with Crippen molar-refractivity contribution in [3.63, 3.8) is 0 Å². The van der Waals surface area contributed by atoms with Gasteiger partial charge in [0.1, 0.15) is 24.1 Å². The third kappa shape index (κ3) is 8.00. The van der Waals surface area contributed by atoms with Crippen LogP contribution in [0, 0.1) is 6.92 Å². The van der Waals surface area contributed by atoms with Gasteiger partial charge in [-0.25, -0.2) is 8.42 Å². The first-order valence-corrected chi connectivity index (χ1v) is 14.9. The summed E-state index contributed by atoms with van der Waals surface area (Å²) in [5, 5.41) is 2.93. The predicted octanol–water partition coefficient (Wildman–Crippen LogP) is 4.54. The van der Waals surface area contributed by atoms with Crippen LogP contribution in [0.4, 0.5) is 5.69 Å². The van der Waals surface area contributed by atoms with E-state index < -0.39 is 28.5 Å². The topological polar surface area (TPSA) is 105 Å². The lowest BCUT2D eigenvalue weighted by Crippen LogP contribution is -2.52. The Labute approximate surface area is 243 Å². The van der Waals surface area contributed by atoms with Crippen LogP contribution < -0.4 is 19.1 Å². The Morgan fingerprint density at radius 2 is 1.51 bits per heavy atom.